The second-order valence-electron chi connectivity index (χ2n) is 22.6. The highest BCUT2D eigenvalue weighted by atomic mass is 32.2. The van der Waals surface area contributed by atoms with Crippen molar-refractivity contribution in [3.05, 3.63) is 321 Å². The Labute approximate surface area is 550 Å². The van der Waals surface area contributed by atoms with Gasteiger partial charge in [-0.2, -0.15) is 11.8 Å². The fraction of sp³-hybridized carbons (Fsp3) is 0.178. The molecule has 12 rings (SSSR count). The number of β-lactam (4-membered cyclic amide) rings is 1. The molecular weight excluding hydrogens is 1230 g/mol. The van der Waals surface area contributed by atoms with E-state index in [-0.39, 0.29) is 22.2 Å². The number of thiazole rings is 1. The van der Waals surface area contributed by atoms with E-state index < -0.39 is 58.1 Å². The molecular formula is C73H64N8O7S4. The number of nitrogens with zero attached hydrogens (tertiary/aromatic N) is 6. The molecule has 2 N–H and O–H groups in total. The average molecular weight is 1290 g/mol. The summed E-state index contributed by atoms with van der Waals surface area (Å²) in [6.07, 6.45) is 1.09. The molecule has 0 bridgehead atoms. The number of hydrogen-bond acceptors (Lipinski definition) is 15. The third kappa shape index (κ3) is 13.4. The molecule has 2 atom stereocenters. The van der Waals surface area contributed by atoms with E-state index in [1.807, 2.05) is 217 Å². The van der Waals surface area contributed by atoms with Gasteiger partial charge in [0.15, 0.2) is 16.9 Å². The van der Waals surface area contributed by atoms with Gasteiger partial charge in [-0.05, 0) is 54.3 Å². The van der Waals surface area contributed by atoms with Gasteiger partial charge < -0.3 is 19.6 Å². The summed E-state index contributed by atoms with van der Waals surface area (Å²) in [5.74, 6) is -0.988. The van der Waals surface area contributed by atoms with E-state index >= 15 is 14.4 Å². The number of oxime groups is 1. The number of nitrogens with one attached hydrogen (secondary N) is 2. The van der Waals surface area contributed by atoms with Crippen LogP contribution in [0.1, 0.15) is 82.8 Å². The van der Waals surface area contributed by atoms with Crippen LogP contribution in [0, 0.1) is 0 Å². The van der Waals surface area contributed by atoms with Crippen molar-refractivity contribution < 1.29 is 33.5 Å². The molecule has 92 heavy (non-hydrogen) atoms. The van der Waals surface area contributed by atoms with Crippen LogP contribution in [0.15, 0.2) is 270 Å². The molecule has 1 fully saturated rings. The normalized spacial score (nSPS) is 15.1. The molecule has 3 amide bonds. The second-order valence-corrected chi connectivity index (χ2v) is 27.1. The van der Waals surface area contributed by atoms with Crippen molar-refractivity contribution in [2.75, 3.05) is 21.9 Å². The summed E-state index contributed by atoms with van der Waals surface area (Å²) in [7, 11) is 0. The van der Waals surface area contributed by atoms with E-state index in [0.717, 1.165) is 44.8 Å². The van der Waals surface area contributed by atoms with Gasteiger partial charge in [0.05, 0.1) is 11.9 Å². The largest absolute Gasteiger partial charge is 0.448 e. The maximum absolute atomic E-state index is 15.2. The van der Waals surface area contributed by atoms with Crippen LogP contribution in [-0.2, 0) is 46.3 Å². The molecule has 19 heteroatoms. The first-order chi connectivity index (χ1) is 44.9. The molecule has 10 aromatic rings. The number of carbonyl (C=O) groups excluding carboxylic acids is 4. The quantitative estimate of drug-likeness (QED) is 0.0118. The van der Waals surface area contributed by atoms with Crippen LogP contribution in [0.2, 0.25) is 0 Å². The molecule has 0 spiro atoms. The maximum atomic E-state index is 15.2. The third-order valence-corrected chi connectivity index (χ3v) is 20.0. The second kappa shape index (κ2) is 28.3. The lowest BCUT2D eigenvalue weighted by atomic mass is 9.77. The molecule has 2 aliphatic heterocycles. The fourth-order valence-electron chi connectivity index (χ4n) is 11.3. The smallest absolute Gasteiger partial charge is 0.413 e. The number of thioether (sulfide) groups is 3. The highest BCUT2D eigenvalue weighted by molar-refractivity contribution is 8.18. The highest BCUT2D eigenvalue weighted by Crippen LogP contribution is 2.47. The van der Waals surface area contributed by atoms with Crippen LogP contribution in [0.4, 0.5) is 9.93 Å². The van der Waals surface area contributed by atoms with Crippen molar-refractivity contribution in [3.8, 4) is 0 Å². The Kier molecular flexibility index (Phi) is 19.3. The Morgan fingerprint density at radius 3 is 1.63 bits per heavy atom. The average Bonchev–Trinajstić information content (AvgIpc) is 1.91. The van der Waals surface area contributed by atoms with Gasteiger partial charge in [-0.1, -0.05) is 253 Å². The number of benzene rings is 8. The number of aromatic nitrogens is 4. The molecule has 8 aromatic carbocycles. The molecule has 0 saturated carbocycles. The first-order valence-electron chi connectivity index (χ1n) is 29.9. The number of rotatable bonds is 23. The lowest BCUT2D eigenvalue weighted by molar-refractivity contribution is -0.154. The van der Waals surface area contributed by atoms with Gasteiger partial charge in [-0.15, -0.1) is 40.0 Å². The van der Waals surface area contributed by atoms with Gasteiger partial charge in [-0.25, -0.2) is 19.3 Å². The standard InChI is InChI=1S/C73H64N8O7S4/c1-71(2,3)87-70(85)76-69-74-59(47-91-69)61(78-88-73(55-38-22-9-23-39-55,56-40-24-10-25-41-56)57-42-26-11-27-43-57)65(82)75-62-66(83)81-63(68(84)86-64(50-28-12-4-13-29-50)51-30-14-5-15-31-51)60(48-90-67(62)81)92-49-89-45-44-58-46-80(79-77-58)72(52-32-16-6-17-33-52,53-34-18-7-19-35-53)54-36-20-8-21-37-54/h4-43,46-47,62,64,67H,44-45,48-49H2,1-3H3,(H,75,82)(H,74,76,85)/b78-61-/t62-,67-/m1/s1. The van der Waals surface area contributed by atoms with Crippen LogP contribution >= 0.6 is 46.6 Å². The number of anilines is 1. The Morgan fingerprint density at radius 1 is 0.663 bits per heavy atom. The SMILES string of the molecule is CC(C)(C)OC(=O)Nc1nc(/C(=N/OC(c2ccccc2)(c2ccccc2)c2ccccc2)C(=O)N[C@@H]2C(=O)N3C(C(=O)OC(c4ccccc4)c4ccccc4)=C(SCSCCc4cn(C(c5ccccc5)(c5ccccc5)c5ccccc5)nn4)CS[C@H]23)cs1. The fourth-order valence-corrected chi connectivity index (χ4v) is 15.8. The lowest BCUT2D eigenvalue weighted by Gasteiger charge is -2.49. The summed E-state index contributed by atoms with van der Waals surface area (Å²) in [5, 5.41) is 21.4. The van der Waals surface area contributed by atoms with E-state index in [0.29, 0.717) is 44.6 Å². The molecule has 15 nitrogen and oxygen atoms in total. The van der Waals surface area contributed by atoms with Crippen molar-refractivity contribution in [3.63, 3.8) is 0 Å². The van der Waals surface area contributed by atoms with Gasteiger partial charge in [0.2, 0.25) is 5.60 Å². The van der Waals surface area contributed by atoms with Crippen molar-refractivity contribution in [1.29, 1.82) is 0 Å². The first-order valence-corrected chi connectivity index (χ1v) is 33.9. The summed E-state index contributed by atoms with van der Waals surface area (Å²) in [4.78, 5) is 72.1. The minimum Gasteiger partial charge on any atom is -0.448 e. The van der Waals surface area contributed by atoms with E-state index in [9.17, 15) is 4.79 Å². The summed E-state index contributed by atoms with van der Waals surface area (Å²) in [5.41, 5.74) is 4.47. The molecule has 1 saturated heterocycles. The number of hydrogen-bond donors (Lipinski definition) is 2. The van der Waals surface area contributed by atoms with Crippen LogP contribution < -0.4 is 10.6 Å². The molecule has 4 heterocycles. The van der Waals surface area contributed by atoms with E-state index in [2.05, 4.69) is 52.0 Å². The first kappa shape index (κ1) is 62.7. The molecule has 2 aliphatic rings. The highest BCUT2D eigenvalue weighted by Gasteiger charge is 2.55. The number of carbonyl (C=O) groups is 4. The molecule has 2 aromatic heterocycles. The zero-order chi connectivity index (χ0) is 63.5. The van der Waals surface area contributed by atoms with Crippen molar-refractivity contribution in [2.45, 2.75) is 61.5 Å². The number of ether oxygens (including phenoxy) is 2. The number of fused-ring (bicyclic) bond motifs is 1. The van der Waals surface area contributed by atoms with E-state index in [1.54, 1.807) is 37.9 Å². The van der Waals surface area contributed by atoms with Crippen LogP contribution in [0.25, 0.3) is 0 Å². The van der Waals surface area contributed by atoms with Crippen LogP contribution in [0.3, 0.4) is 0 Å². The maximum Gasteiger partial charge on any atom is 0.413 e. The van der Waals surface area contributed by atoms with Gasteiger partial charge in [0.25, 0.3) is 11.8 Å². The Morgan fingerprint density at radius 2 is 1.14 bits per heavy atom. The van der Waals surface area contributed by atoms with E-state index in [4.69, 9.17) is 29.8 Å². The predicted octanol–water partition coefficient (Wildman–Crippen LogP) is 14.2. The topological polar surface area (TPSA) is 179 Å². The minimum atomic E-state index is -1.41. The summed E-state index contributed by atoms with van der Waals surface area (Å²) < 4.78 is 14.0. The minimum absolute atomic E-state index is 0.0547. The van der Waals surface area contributed by atoms with Crippen molar-refractivity contribution in [1.82, 2.24) is 30.2 Å². The predicted molar refractivity (Wildman–Crippen MR) is 365 cm³/mol. The molecule has 0 aliphatic carbocycles. The lowest BCUT2D eigenvalue weighted by Crippen LogP contribution is -2.71. The molecule has 0 radical (unpaired) electrons. The zero-order valence-corrected chi connectivity index (χ0v) is 53.7. The van der Waals surface area contributed by atoms with Gasteiger partial charge >= 0.3 is 12.1 Å². The van der Waals surface area contributed by atoms with Crippen LogP contribution in [-0.4, -0.2) is 88.1 Å². The number of esters is 1. The van der Waals surface area contributed by atoms with Crippen LogP contribution in [0.5, 0.6) is 0 Å². The Bertz CT molecular complexity index is 3990. The molecule has 462 valence electrons. The number of aryl methyl sites for hydroxylation is 1. The van der Waals surface area contributed by atoms with E-state index in [1.165, 1.54) is 28.4 Å². The van der Waals surface area contributed by atoms with Gasteiger partial charge in [0.1, 0.15) is 33.9 Å². The zero-order valence-electron chi connectivity index (χ0n) is 50.5. The summed E-state index contributed by atoms with van der Waals surface area (Å²) in [6.45, 7) is 5.24. The van der Waals surface area contributed by atoms with Crippen molar-refractivity contribution in [2.24, 2.45) is 5.16 Å². The third-order valence-electron chi connectivity index (χ3n) is 15.5. The number of amides is 3. The Hall–Kier alpha value is -9.53. The monoisotopic (exact) mass is 1290 g/mol. The molecule has 0 unspecified atom stereocenters. The Balaban J connectivity index is 0.832. The van der Waals surface area contributed by atoms with Gasteiger partial charge in [-0.3, -0.25) is 19.8 Å². The summed E-state index contributed by atoms with van der Waals surface area (Å²) in [6, 6.07) is 77.5. The van der Waals surface area contributed by atoms with Crippen molar-refractivity contribution >= 4 is 81.3 Å². The summed E-state index contributed by atoms with van der Waals surface area (Å²) >= 11 is 5.64. The van der Waals surface area contributed by atoms with Gasteiger partial charge in [0, 0.05) is 44.2 Å².